The largest absolute Gasteiger partial charge is 0.324 e. The standard InChI is InChI=1S/C10H26N3/c1-9(11)8-13(5,6)10(2)7-12(3)4/h9-10H,7-8,11H2,1-6H3/q+1. The summed E-state index contributed by atoms with van der Waals surface area (Å²) < 4.78 is 0.996. The third-order valence-corrected chi connectivity index (χ3v) is 2.58. The molecule has 0 spiro atoms. The van der Waals surface area contributed by atoms with Gasteiger partial charge in [0, 0.05) is 6.54 Å². The van der Waals surface area contributed by atoms with E-state index in [9.17, 15) is 0 Å². The first-order valence-electron chi connectivity index (χ1n) is 4.98. The second-order valence-electron chi connectivity index (χ2n) is 5.05. The third-order valence-electron chi connectivity index (χ3n) is 2.58. The Morgan fingerprint density at radius 2 is 1.69 bits per heavy atom. The molecule has 0 aliphatic carbocycles. The number of hydrogen-bond donors (Lipinski definition) is 1. The molecule has 0 fully saturated rings. The molecule has 0 saturated heterocycles. The minimum absolute atomic E-state index is 0.277. The van der Waals surface area contributed by atoms with Crippen LogP contribution in [0.3, 0.4) is 0 Å². The zero-order valence-corrected chi connectivity index (χ0v) is 10.0. The van der Waals surface area contributed by atoms with E-state index in [-0.39, 0.29) is 6.04 Å². The molecule has 0 aliphatic rings. The van der Waals surface area contributed by atoms with E-state index >= 15 is 0 Å². The van der Waals surface area contributed by atoms with Crippen molar-refractivity contribution in [1.82, 2.24) is 4.90 Å². The Kier molecular flexibility index (Phi) is 4.89. The van der Waals surface area contributed by atoms with Gasteiger partial charge in [0.15, 0.2) is 0 Å². The maximum atomic E-state index is 5.82. The molecular weight excluding hydrogens is 162 g/mol. The summed E-state index contributed by atoms with van der Waals surface area (Å²) in [7, 11) is 8.72. The molecule has 0 rings (SSSR count). The topological polar surface area (TPSA) is 29.3 Å². The summed E-state index contributed by atoms with van der Waals surface area (Å²) in [5.41, 5.74) is 5.82. The van der Waals surface area contributed by atoms with Crippen LogP contribution < -0.4 is 5.73 Å². The van der Waals surface area contributed by atoms with Crippen LogP contribution in [0.4, 0.5) is 0 Å². The number of nitrogens with zero attached hydrogens (tertiary/aromatic N) is 2. The number of quaternary nitrogens is 1. The fraction of sp³-hybridized carbons (Fsp3) is 1.00. The molecule has 0 aliphatic heterocycles. The lowest BCUT2D eigenvalue weighted by molar-refractivity contribution is -0.913. The fourth-order valence-corrected chi connectivity index (χ4v) is 1.67. The Bertz CT molecular complexity index is 141. The van der Waals surface area contributed by atoms with Gasteiger partial charge in [0.25, 0.3) is 0 Å². The summed E-state index contributed by atoms with van der Waals surface area (Å²) in [5.74, 6) is 0. The van der Waals surface area contributed by atoms with Crippen molar-refractivity contribution >= 4 is 0 Å². The van der Waals surface area contributed by atoms with Gasteiger partial charge in [0.1, 0.15) is 0 Å². The van der Waals surface area contributed by atoms with Crippen molar-refractivity contribution in [2.75, 3.05) is 41.3 Å². The molecular formula is C10H26N3+. The lowest BCUT2D eigenvalue weighted by Crippen LogP contribution is -2.55. The van der Waals surface area contributed by atoms with Gasteiger partial charge in [-0.15, -0.1) is 0 Å². The van der Waals surface area contributed by atoms with Crippen molar-refractivity contribution in [3.05, 3.63) is 0 Å². The monoisotopic (exact) mass is 188 g/mol. The van der Waals surface area contributed by atoms with E-state index < -0.39 is 0 Å². The quantitative estimate of drug-likeness (QED) is 0.631. The van der Waals surface area contributed by atoms with Crippen LogP contribution in [0.15, 0.2) is 0 Å². The van der Waals surface area contributed by atoms with Crippen LogP contribution in [-0.4, -0.2) is 62.7 Å². The van der Waals surface area contributed by atoms with Gasteiger partial charge < -0.3 is 15.1 Å². The number of nitrogens with two attached hydrogens (primary N) is 1. The van der Waals surface area contributed by atoms with Gasteiger partial charge in [-0.2, -0.15) is 0 Å². The molecule has 0 saturated carbocycles. The molecule has 3 heteroatoms. The highest BCUT2D eigenvalue weighted by Crippen LogP contribution is 2.07. The maximum absolute atomic E-state index is 5.82. The van der Waals surface area contributed by atoms with E-state index in [2.05, 4.69) is 46.9 Å². The van der Waals surface area contributed by atoms with E-state index in [0.29, 0.717) is 6.04 Å². The van der Waals surface area contributed by atoms with Crippen LogP contribution in [0, 0.1) is 0 Å². The summed E-state index contributed by atoms with van der Waals surface area (Å²) in [6.45, 7) is 6.50. The highest BCUT2D eigenvalue weighted by molar-refractivity contribution is 4.58. The average molecular weight is 188 g/mol. The SMILES string of the molecule is CC(N)C[N+](C)(C)C(C)CN(C)C. The normalized spacial score (nSPS) is 17.5. The molecule has 0 aromatic rings. The Morgan fingerprint density at radius 1 is 1.23 bits per heavy atom. The van der Waals surface area contributed by atoms with Gasteiger partial charge in [-0.3, -0.25) is 0 Å². The predicted molar refractivity (Wildman–Crippen MR) is 58.6 cm³/mol. The van der Waals surface area contributed by atoms with Gasteiger partial charge in [0.2, 0.25) is 0 Å². The van der Waals surface area contributed by atoms with Crippen LogP contribution in [0.1, 0.15) is 13.8 Å². The molecule has 0 bridgehead atoms. The van der Waals surface area contributed by atoms with Crippen molar-refractivity contribution in [1.29, 1.82) is 0 Å². The van der Waals surface area contributed by atoms with Crippen molar-refractivity contribution < 1.29 is 4.48 Å². The molecule has 0 aromatic heterocycles. The van der Waals surface area contributed by atoms with Crippen LogP contribution >= 0.6 is 0 Å². The number of likely N-dealkylation sites (N-methyl/N-ethyl adjacent to an activating group) is 2. The number of rotatable bonds is 5. The summed E-state index contributed by atoms with van der Waals surface area (Å²) >= 11 is 0. The zero-order valence-electron chi connectivity index (χ0n) is 10.0. The summed E-state index contributed by atoms with van der Waals surface area (Å²) in [5, 5.41) is 0. The lowest BCUT2D eigenvalue weighted by Gasteiger charge is -2.38. The molecule has 0 aromatic carbocycles. The molecule has 2 atom stereocenters. The van der Waals surface area contributed by atoms with Gasteiger partial charge in [-0.25, -0.2) is 0 Å². The minimum Gasteiger partial charge on any atom is -0.324 e. The van der Waals surface area contributed by atoms with E-state index in [0.717, 1.165) is 17.6 Å². The summed E-state index contributed by atoms with van der Waals surface area (Å²) in [4.78, 5) is 2.23. The van der Waals surface area contributed by atoms with Crippen molar-refractivity contribution in [3.8, 4) is 0 Å². The molecule has 0 radical (unpaired) electrons. The van der Waals surface area contributed by atoms with Gasteiger partial charge in [-0.1, -0.05) is 0 Å². The molecule has 0 amide bonds. The molecule has 13 heavy (non-hydrogen) atoms. The molecule has 3 nitrogen and oxygen atoms in total. The smallest absolute Gasteiger partial charge is 0.0986 e. The van der Waals surface area contributed by atoms with Crippen molar-refractivity contribution in [2.24, 2.45) is 5.73 Å². The first-order chi connectivity index (χ1) is 5.75. The Hall–Kier alpha value is -0.120. The minimum atomic E-state index is 0.277. The molecule has 0 heterocycles. The third kappa shape index (κ3) is 5.24. The van der Waals surface area contributed by atoms with Crippen LogP contribution in [-0.2, 0) is 0 Å². The predicted octanol–water partition coefficient (Wildman–Crippen LogP) is 0.360. The summed E-state index contributed by atoms with van der Waals surface area (Å²) in [6, 6.07) is 0.903. The fourth-order valence-electron chi connectivity index (χ4n) is 1.67. The Balaban J connectivity index is 4.10. The van der Waals surface area contributed by atoms with E-state index in [1.165, 1.54) is 0 Å². The first kappa shape index (κ1) is 12.9. The summed E-state index contributed by atoms with van der Waals surface area (Å²) in [6.07, 6.45) is 0. The Labute approximate surface area is 83.1 Å². The van der Waals surface area contributed by atoms with Crippen LogP contribution in [0.25, 0.3) is 0 Å². The van der Waals surface area contributed by atoms with Gasteiger partial charge in [-0.05, 0) is 27.9 Å². The molecule has 2 unspecified atom stereocenters. The van der Waals surface area contributed by atoms with E-state index in [1.807, 2.05) is 0 Å². The maximum Gasteiger partial charge on any atom is 0.0986 e. The highest BCUT2D eigenvalue weighted by Gasteiger charge is 2.25. The van der Waals surface area contributed by atoms with Crippen molar-refractivity contribution in [3.63, 3.8) is 0 Å². The van der Waals surface area contributed by atoms with Crippen molar-refractivity contribution in [2.45, 2.75) is 25.9 Å². The molecule has 80 valence electrons. The lowest BCUT2D eigenvalue weighted by atomic mass is 10.2. The van der Waals surface area contributed by atoms with Crippen LogP contribution in [0.5, 0.6) is 0 Å². The molecule has 2 N–H and O–H groups in total. The van der Waals surface area contributed by atoms with E-state index in [4.69, 9.17) is 5.73 Å². The van der Waals surface area contributed by atoms with E-state index in [1.54, 1.807) is 0 Å². The first-order valence-corrected chi connectivity index (χ1v) is 4.98. The second kappa shape index (κ2) is 4.94. The zero-order chi connectivity index (χ0) is 10.6. The highest BCUT2D eigenvalue weighted by atomic mass is 15.4. The average Bonchev–Trinajstić information content (AvgIpc) is 1.81. The Morgan fingerprint density at radius 3 is 2.00 bits per heavy atom. The van der Waals surface area contributed by atoms with Gasteiger partial charge in [0.05, 0.1) is 32.7 Å². The number of hydrogen-bond acceptors (Lipinski definition) is 2. The van der Waals surface area contributed by atoms with Crippen LogP contribution in [0.2, 0.25) is 0 Å². The second-order valence-corrected chi connectivity index (χ2v) is 5.05. The van der Waals surface area contributed by atoms with Gasteiger partial charge >= 0.3 is 0 Å².